The van der Waals surface area contributed by atoms with E-state index in [0.29, 0.717) is 24.5 Å². The molecule has 0 saturated carbocycles. The van der Waals surface area contributed by atoms with Gasteiger partial charge in [-0.15, -0.1) is 0 Å². The summed E-state index contributed by atoms with van der Waals surface area (Å²) >= 11 is 0. The van der Waals surface area contributed by atoms with Crippen molar-refractivity contribution in [3.8, 4) is 0 Å². The molecule has 0 aliphatic carbocycles. The van der Waals surface area contributed by atoms with Gasteiger partial charge >= 0.3 is 6.09 Å². The van der Waals surface area contributed by atoms with Crippen LogP contribution in [-0.4, -0.2) is 42.5 Å². The van der Waals surface area contributed by atoms with Crippen LogP contribution in [-0.2, 0) is 20.7 Å². The lowest BCUT2D eigenvalue weighted by Gasteiger charge is -2.29. The molecule has 0 fully saturated rings. The Balaban J connectivity index is 2.53. The zero-order valence-corrected chi connectivity index (χ0v) is 22.8. The number of ether oxygens (including phenoxy) is 2. The Kier molecular flexibility index (Phi) is 11.4. The molecule has 212 valence electrons. The number of nitrogens with one attached hydrogen (secondary N) is 1. The Hall–Kier alpha value is -2.85. The van der Waals surface area contributed by atoms with Gasteiger partial charge in [0.2, 0.25) is 0 Å². The molecular formula is C28H39F3N2O5. The van der Waals surface area contributed by atoms with Crippen molar-refractivity contribution in [3.05, 3.63) is 52.4 Å². The van der Waals surface area contributed by atoms with Gasteiger partial charge in [-0.2, -0.15) is 0 Å². The minimum atomic E-state index is -1.32. The number of aliphatic hydroxyl groups is 1. The average Bonchev–Trinajstić information content (AvgIpc) is 2.85. The Bertz CT molecular complexity index is 1080. The van der Waals surface area contributed by atoms with Crippen LogP contribution in [0.5, 0.6) is 0 Å². The second kappa shape index (κ2) is 13.8. The van der Waals surface area contributed by atoms with E-state index in [9.17, 15) is 23.5 Å². The second-order valence-electron chi connectivity index (χ2n) is 10.3. The predicted molar refractivity (Wildman–Crippen MR) is 139 cm³/mol. The van der Waals surface area contributed by atoms with E-state index < -0.39 is 70.9 Å². The van der Waals surface area contributed by atoms with Gasteiger partial charge in [0.05, 0.1) is 17.9 Å². The maximum Gasteiger partial charge on any atom is 0.405 e. The first kappa shape index (κ1) is 31.4. The highest BCUT2D eigenvalue weighted by Crippen LogP contribution is 2.30. The minimum absolute atomic E-state index is 0.186. The van der Waals surface area contributed by atoms with Crippen molar-refractivity contribution in [1.82, 2.24) is 0 Å². The van der Waals surface area contributed by atoms with Crippen LogP contribution in [0.1, 0.15) is 59.4 Å². The molecule has 38 heavy (non-hydrogen) atoms. The first-order chi connectivity index (χ1) is 17.8. The lowest BCUT2D eigenvalue weighted by Crippen LogP contribution is -2.35. The highest BCUT2D eigenvalue weighted by molar-refractivity contribution is 6.03. The monoisotopic (exact) mass is 540 g/mol. The molecule has 1 aromatic carbocycles. The largest absolute Gasteiger partial charge is 0.442 e. The number of fused-ring (bicyclic) bond motifs is 2. The number of benzene rings is 1. The molecule has 0 spiro atoms. The molecule has 4 N–H and O–H groups in total. The molecule has 2 amide bonds. The smallest absolute Gasteiger partial charge is 0.405 e. The van der Waals surface area contributed by atoms with E-state index >= 15 is 4.39 Å². The van der Waals surface area contributed by atoms with E-state index in [1.165, 1.54) is 14.0 Å². The normalized spacial score (nSPS) is 28.2. The molecule has 0 unspecified atom stereocenters. The molecule has 1 aliphatic heterocycles. The summed E-state index contributed by atoms with van der Waals surface area (Å²) in [6, 6.07) is 0.623. The van der Waals surface area contributed by atoms with Crippen molar-refractivity contribution in [2.24, 2.45) is 23.5 Å². The Morgan fingerprint density at radius 2 is 1.82 bits per heavy atom. The third-order valence-corrected chi connectivity index (χ3v) is 7.07. The summed E-state index contributed by atoms with van der Waals surface area (Å²) < 4.78 is 55.1. The van der Waals surface area contributed by atoms with Crippen LogP contribution in [0.4, 0.5) is 23.7 Å². The molecule has 1 aromatic rings. The summed E-state index contributed by atoms with van der Waals surface area (Å²) in [7, 11) is 1.42. The Morgan fingerprint density at radius 3 is 2.42 bits per heavy atom. The van der Waals surface area contributed by atoms with Gasteiger partial charge in [0.25, 0.3) is 5.91 Å². The van der Waals surface area contributed by atoms with Crippen LogP contribution in [0.15, 0.2) is 29.4 Å². The number of carbonyl (C=O) groups excluding carboxylic acids is 2. The highest BCUT2D eigenvalue weighted by Gasteiger charge is 2.30. The van der Waals surface area contributed by atoms with E-state index in [-0.39, 0.29) is 24.3 Å². The standard InChI is InChI=1S/C28H39F3N2O5/c1-14-10-19-23(30)20(29)13-21(24(19)31)33-27(35)16(3)9-7-8-15(2)26(38-28(32)36)18(5)12-17(4)25(34)22(11-14)37-6/h9,12-15,17,22,25-26,34H,7-8,10-11H2,1-6H3,(H2,32,36)(H,33,35)/t14-,15+,17+,22+,25-,26-/m1/s1. The van der Waals surface area contributed by atoms with Gasteiger partial charge in [-0.1, -0.05) is 32.9 Å². The molecule has 10 heteroatoms. The van der Waals surface area contributed by atoms with Crippen LogP contribution in [0.25, 0.3) is 0 Å². The predicted octanol–water partition coefficient (Wildman–Crippen LogP) is 5.41. The van der Waals surface area contributed by atoms with Crippen molar-refractivity contribution < 1.29 is 37.3 Å². The number of nitrogens with two attached hydrogens (primary N) is 1. The molecule has 1 aliphatic rings. The van der Waals surface area contributed by atoms with Crippen molar-refractivity contribution in [3.63, 3.8) is 0 Å². The fraction of sp³-hybridized carbons (Fsp3) is 0.571. The van der Waals surface area contributed by atoms with Crippen molar-refractivity contribution in [2.75, 3.05) is 12.4 Å². The number of carbonyl (C=O) groups is 2. The summed E-state index contributed by atoms with van der Waals surface area (Å²) in [6.45, 7) is 8.66. The fourth-order valence-electron chi connectivity index (χ4n) is 4.89. The highest BCUT2D eigenvalue weighted by atomic mass is 19.2. The quantitative estimate of drug-likeness (QED) is 0.343. The number of primary amides is 1. The van der Waals surface area contributed by atoms with Crippen LogP contribution >= 0.6 is 0 Å². The molecule has 7 nitrogen and oxygen atoms in total. The molecule has 2 bridgehead atoms. The van der Waals surface area contributed by atoms with E-state index in [4.69, 9.17) is 15.2 Å². The van der Waals surface area contributed by atoms with E-state index in [0.717, 1.165) is 0 Å². The summed E-state index contributed by atoms with van der Waals surface area (Å²) in [5.41, 5.74) is 5.32. The zero-order chi connectivity index (χ0) is 28.7. The van der Waals surface area contributed by atoms with E-state index in [2.05, 4.69) is 5.32 Å². The Morgan fingerprint density at radius 1 is 1.16 bits per heavy atom. The van der Waals surface area contributed by atoms with Crippen LogP contribution < -0.4 is 11.1 Å². The fourth-order valence-corrected chi connectivity index (χ4v) is 4.89. The van der Waals surface area contributed by atoms with Gasteiger partial charge in [-0.05, 0) is 56.9 Å². The van der Waals surface area contributed by atoms with Crippen molar-refractivity contribution in [2.45, 2.75) is 78.6 Å². The van der Waals surface area contributed by atoms with Crippen LogP contribution in [0, 0.1) is 35.2 Å². The number of hydrogen-bond acceptors (Lipinski definition) is 5. The molecule has 0 radical (unpaired) electrons. The molecular weight excluding hydrogens is 501 g/mol. The van der Waals surface area contributed by atoms with Gasteiger partial charge in [0.15, 0.2) is 17.5 Å². The molecule has 0 saturated heterocycles. The number of rotatable bonds is 2. The van der Waals surface area contributed by atoms with Gasteiger partial charge in [0, 0.05) is 30.2 Å². The number of anilines is 1. The number of aliphatic hydroxyl groups excluding tert-OH is 1. The van der Waals surface area contributed by atoms with Crippen LogP contribution in [0.3, 0.4) is 0 Å². The Labute approximate surface area is 222 Å². The number of amides is 2. The molecule has 2 rings (SSSR count). The van der Waals surface area contributed by atoms with Crippen molar-refractivity contribution >= 4 is 17.7 Å². The van der Waals surface area contributed by atoms with Crippen molar-refractivity contribution in [1.29, 1.82) is 0 Å². The van der Waals surface area contributed by atoms with E-state index in [1.54, 1.807) is 32.9 Å². The van der Waals surface area contributed by atoms with Crippen LogP contribution in [0.2, 0.25) is 0 Å². The number of halogens is 3. The lowest BCUT2D eigenvalue weighted by atomic mass is 9.87. The van der Waals surface area contributed by atoms with E-state index in [1.807, 2.05) is 6.92 Å². The molecule has 0 aromatic heterocycles. The number of hydrogen-bond donors (Lipinski definition) is 3. The lowest BCUT2D eigenvalue weighted by molar-refractivity contribution is -0.112. The zero-order valence-electron chi connectivity index (χ0n) is 22.8. The topological polar surface area (TPSA) is 111 Å². The SMILES string of the molecule is CO[C@H]1C[C@H](C)Cc2c(F)c(F)cc(c2F)NC(=O)C(C)=CCC[C@H](C)[C@@H](OC(N)=O)C(C)=C[C@H](C)[C@H]1O. The third kappa shape index (κ3) is 8.07. The molecule has 1 heterocycles. The number of allylic oxidation sites excluding steroid dienone is 1. The van der Waals surface area contributed by atoms with Gasteiger partial charge < -0.3 is 25.6 Å². The second-order valence-corrected chi connectivity index (χ2v) is 10.3. The number of methoxy groups -OCH3 is 1. The third-order valence-electron chi connectivity index (χ3n) is 7.07. The maximum atomic E-state index is 15.2. The van der Waals surface area contributed by atoms with Gasteiger partial charge in [-0.25, -0.2) is 18.0 Å². The average molecular weight is 541 g/mol. The minimum Gasteiger partial charge on any atom is -0.442 e. The van der Waals surface area contributed by atoms with Gasteiger partial charge in [0.1, 0.15) is 6.10 Å². The summed E-state index contributed by atoms with van der Waals surface area (Å²) in [6.07, 6.45) is 1.08. The molecule has 6 atom stereocenters. The maximum absolute atomic E-state index is 15.2. The first-order valence-corrected chi connectivity index (χ1v) is 12.8. The summed E-state index contributed by atoms with van der Waals surface area (Å²) in [4.78, 5) is 24.3. The first-order valence-electron chi connectivity index (χ1n) is 12.8. The summed E-state index contributed by atoms with van der Waals surface area (Å²) in [5, 5.41) is 13.4. The summed E-state index contributed by atoms with van der Waals surface area (Å²) in [5.74, 6) is -5.34. The van der Waals surface area contributed by atoms with Gasteiger partial charge in [-0.3, -0.25) is 4.79 Å².